The summed E-state index contributed by atoms with van der Waals surface area (Å²) in [6.07, 6.45) is 4.92. The Bertz CT molecular complexity index is 317. The third kappa shape index (κ3) is 7.28. The summed E-state index contributed by atoms with van der Waals surface area (Å²) in [5.74, 6) is 0.512. The summed E-state index contributed by atoms with van der Waals surface area (Å²) in [7, 11) is 0. The first-order valence-corrected chi connectivity index (χ1v) is 8.73. The summed E-state index contributed by atoms with van der Waals surface area (Å²) >= 11 is 0. The van der Waals surface area contributed by atoms with E-state index in [1.54, 1.807) is 0 Å². The first kappa shape index (κ1) is 19.0. The standard InChI is InChI=1S/C18H32O4/c1-13(2)8-10-21-17(19)15-6-5-7-16(12-15)18(20)22-11-9-14(3)4/h13-16H,5-12H2,1-4H3. The second-order valence-corrected chi connectivity index (χ2v) is 7.26. The summed E-state index contributed by atoms with van der Waals surface area (Å²) in [6.45, 7) is 9.40. The largest absolute Gasteiger partial charge is 0.465 e. The molecule has 0 aromatic carbocycles. The quantitative estimate of drug-likeness (QED) is 0.636. The molecule has 22 heavy (non-hydrogen) atoms. The van der Waals surface area contributed by atoms with Crippen molar-refractivity contribution in [2.45, 2.75) is 66.2 Å². The number of hydrogen-bond donors (Lipinski definition) is 0. The molecule has 2 atom stereocenters. The monoisotopic (exact) mass is 312 g/mol. The number of hydrogen-bond acceptors (Lipinski definition) is 4. The average Bonchev–Trinajstić information content (AvgIpc) is 2.46. The zero-order chi connectivity index (χ0) is 16.5. The second-order valence-electron chi connectivity index (χ2n) is 7.26. The van der Waals surface area contributed by atoms with Crippen LogP contribution in [-0.4, -0.2) is 25.2 Å². The highest BCUT2D eigenvalue weighted by Gasteiger charge is 2.32. The van der Waals surface area contributed by atoms with Gasteiger partial charge in [-0.2, -0.15) is 0 Å². The minimum atomic E-state index is -0.139. The fraction of sp³-hybridized carbons (Fsp3) is 0.889. The highest BCUT2D eigenvalue weighted by Crippen LogP contribution is 2.31. The summed E-state index contributed by atoms with van der Waals surface area (Å²) < 4.78 is 10.7. The molecule has 1 aliphatic carbocycles. The molecule has 4 heteroatoms. The van der Waals surface area contributed by atoms with E-state index >= 15 is 0 Å². The van der Waals surface area contributed by atoms with Crippen molar-refractivity contribution in [3.05, 3.63) is 0 Å². The Hall–Kier alpha value is -1.06. The van der Waals surface area contributed by atoms with E-state index in [9.17, 15) is 9.59 Å². The summed E-state index contributed by atoms with van der Waals surface area (Å²) in [4.78, 5) is 24.2. The van der Waals surface area contributed by atoms with Gasteiger partial charge in [-0.25, -0.2) is 0 Å². The SMILES string of the molecule is CC(C)CCOC(=O)C1CCCC(C(=O)OCCC(C)C)C1. The van der Waals surface area contributed by atoms with Crippen molar-refractivity contribution in [1.29, 1.82) is 0 Å². The van der Waals surface area contributed by atoms with Gasteiger partial charge in [0.25, 0.3) is 0 Å². The van der Waals surface area contributed by atoms with Crippen molar-refractivity contribution in [3.8, 4) is 0 Å². The number of esters is 2. The first-order valence-electron chi connectivity index (χ1n) is 8.73. The fourth-order valence-electron chi connectivity index (χ4n) is 2.64. The van der Waals surface area contributed by atoms with Crippen molar-refractivity contribution in [2.24, 2.45) is 23.7 Å². The third-order valence-corrected chi connectivity index (χ3v) is 4.22. The normalized spacial score (nSPS) is 21.9. The van der Waals surface area contributed by atoms with Gasteiger partial charge in [0.05, 0.1) is 25.0 Å². The lowest BCUT2D eigenvalue weighted by molar-refractivity contribution is -0.155. The van der Waals surface area contributed by atoms with Crippen molar-refractivity contribution in [1.82, 2.24) is 0 Å². The van der Waals surface area contributed by atoms with Crippen LogP contribution in [0.15, 0.2) is 0 Å². The smallest absolute Gasteiger partial charge is 0.308 e. The number of carbonyl (C=O) groups is 2. The van der Waals surface area contributed by atoms with Crippen LogP contribution in [0.2, 0.25) is 0 Å². The van der Waals surface area contributed by atoms with Crippen molar-refractivity contribution in [3.63, 3.8) is 0 Å². The predicted octanol–water partition coefficient (Wildman–Crippen LogP) is 3.97. The minimum Gasteiger partial charge on any atom is -0.465 e. The van der Waals surface area contributed by atoms with E-state index < -0.39 is 0 Å². The van der Waals surface area contributed by atoms with E-state index in [0.29, 0.717) is 31.5 Å². The lowest BCUT2D eigenvalue weighted by Crippen LogP contribution is -2.30. The van der Waals surface area contributed by atoms with Crippen LogP contribution >= 0.6 is 0 Å². The van der Waals surface area contributed by atoms with Gasteiger partial charge in [-0.3, -0.25) is 9.59 Å². The Balaban J connectivity index is 2.33. The molecule has 0 aromatic rings. The second kappa shape index (κ2) is 9.86. The molecular weight excluding hydrogens is 280 g/mol. The molecule has 0 N–H and O–H groups in total. The zero-order valence-corrected chi connectivity index (χ0v) is 14.6. The molecule has 0 bridgehead atoms. The molecule has 0 radical (unpaired) electrons. The lowest BCUT2D eigenvalue weighted by Gasteiger charge is -2.26. The highest BCUT2D eigenvalue weighted by molar-refractivity contribution is 5.76. The van der Waals surface area contributed by atoms with Gasteiger partial charge in [-0.05, 0) is 43.9 Å². The van der Waals surface area contributed by atoms with E-state index in [2.05, 4.69) is 27.7 Å². The first-order chi connectivity index (χ1) is 10.4. The Kier molecular flexibility index (Phi) is 8.51. The van der Waals surface area contributed by atoms with E-state index in [0.717, 1.165) is 32.1 Å². The maximum Gasteiger partial charge on any atom is 0.308 e. The van der Waals surface area contributed by atoms with E-state index in [4.69, 9.17) is 9.47 Å². The van der Waals surface area contributed by atoms with Crippen LogP contribution in [0.4, 0.5) is 0 Å². The van der Waals surface area contributed by atoms with Crippen LogP contribution < -0.4 is 0 Å². The molecular formula is C18H32O4. The van der Waals surface area contributed by atoms with E-state index in [1.807, 2.05) is 0 Å². The highest BCUT2D eigenvalue weighted by atomic mass is 16.5. The molecule has 128 valence electrons. The van der Waals surface area contributed by atoms with Crippen LogP contribution in [0.5, 0.6) is 0 Å². The predicted molar refractivity (Wildman–Crippen MR) is 86.3 cm³/mol. The van der Waals surface area contributed by atoms with Crippen LogP contribution in [0.3, 0.4) is 0 Å². The molecule has 2 unspecified atom stereocenters. The molecule has 0 aliphatic heterocycles. The zero-order valence-electron chi connectivity index (χ0n) is 14.6. The van der Waals surface area contributed by atoms with Gasteiger partial charge < -0.3 is 9.47 Å². The minimum absolute atomic E-state index is 0.136. The molecule has 0 spiro atoms. The maximum atomic E-state index is 12.1. The molecule has 0 saturated heterocycles. The third-order valence-electron chi connectivity index (χ3n) is 4.22. The van der Waals surface area contributed by atoms with Crippen LogP contribution in [0.25, 0.3) is 0 Å². The van der Waals surface area contributed by atoms with Crippen molar-refractivity contribution >= 4 is 11.9 Å². The van der Waals surface area contributed by atoms with Gasteiger partial charge in [0.1, 0.15) is 0 Å². The van der Waals surface area contributed by atoms with Crippen LogP contribution in [0.1, 0.15) is 66.2 Å². The van der Waals surface area contributed by atoms with Crippen LogP contribution in [-0.2, 0) is 19.1 Å². The molecule has 1 fully saturated rings. The Morgan fingerprint density at radius 3 is 1.64 bits per heavy atom. The van der Waals surface area contributed by atoms with E-state index in [-0.39, 0.29) is 23.8 Å². The Morgan fingerprint density at radius 2 is 1.27 bits per heavy atom. The lowest BCUT2D eigenvalue weighted by atomic mass is 9.81. The number of ether oxygens (including phenoxy) is 2. The average molecular weight is 312 g/mol. The van der Waals surface area contributed by atoms with Gasteiger partial charge in [-0.1, -0.05) is 34.1 Å². The molecule has 1 saturated carbocycles. The molecule has 0 aromatic heterocycles. The van der Waals surface area contributed by atoms with Crippen LogP contribution in [0, 0.1) is 23.7 Å². The van der Waals surface area contributed by atoms with Crippen molar-refractivity contribution in [2.75, 3.05) is 13.2 Å². The maximum absolute atomic E-state index is 12.1. The summed E-state index contributed by atoms with van der Waals surface area (Å²) in [5.41, 5.74) is 0. The van der Waals surface area contributed by atoms with Gasteiger partial charge in [0.15, 0.2) is 0 Å². The summed E-state index contributed by atoms with van der Waals surface area (Å²) in [5, 5.41) is 0. The number of rotatable bonds is 8. The van der Waals surface area contributed by atoms with Gasteiger partial charge >= 0.3 is 11.9 Å². The molecule has 1 aliphatic rings. The Morgan fingerprint density at radius 1 is 0.864 bits per heavy atom. The summed E-state index contributed by atoms with van der Waals surface area (Å²) in [6, 6.07) is 0. The molecule has 1 rings (SSSR count). The topological polar surface area (TPSA) is 52.6 Å². The molecule has 0 heterocycles. The van der Waals surface area contributed by atoms with Gasteiger partial charge in [0.2, 0.25) is 0 Å². The van der Waals surface area contributed by atoms with E-state index in [1.165, 1.54) is 0 Å². The molecule has 0 amide bonds. The Labute approximate surface area is 134 Å². The number of carbonyl (C=O) groups excluding carboxylic acids is 2. The van der Waals surface area contributed by atoms with Crippen molar-refractivity contribution < 1.29 is 19.1 Å². The fourth-order valence-corrected chi connectivity index (χ4v) is 2.64. The van der Waals surface area contributed by atoms with Gasteiger partial charge in [-0.15, -0.1) is 0 Å². The van der Waals surface area contributed by atoms with Gasteiger partial charge in [0, 0.05) is 0 Å². The molecule has 4 nitrogen and oxygen atoms in total.